The molecular weight excluding hydrogens is 204 g/mol. The zero-order chi connectivity index (χ0) is 11.5. The summed E-state index contributed by atoms with van der Waals surface area (Å²) in [6.07, 6.45) is 1.87. The van der Waals surface area contributed by atoms with Gasteiger partial charge in [0.05, 0.1) is 12.3 Å². The van der Waals surface area contributed by atoms with Gasteiger partial charge in [-0.25, -0.2) is 14.6 Å². The molecule has 0 aliphatic rings. The van der Waals surface area contributed by atoms with Crippen LogP contribution in [0.3, 0.4) is 0 Å². The quantitative estimate of drug-likeness (QED) is 0.782. The molecule has 0 atom stereocenters. The first-order chi connectivity index (χ1) is 7.69. The molecule has 0 amide bonds. The standard InChI is InChI=1S/C11H14N4O/c1-8-6-11(13-9(2)12-8)15-5-4-10(14-15)7-16-3/h4-6H,7H2,1-3H3. The van der Waals surface area contributed by atoms with E-state index in [0.29, 0.717) is 6.61 Å². The summed E-state index contributed by atoms with van der Waals surface area (Å²) >= 11 is 0. The second kappa shape index (κ2) is 4.40. The minimum atomic E-state index is 0.510. The van der Waals surface area contributed by atoms with Gasteiger partial charge in [-0.1, -0.05) is 0 Å². The predicted octanol–water partition coefficient (Wildman–Crippen LogP) is 1.43. The number of hydrogen-bond donors (Lipinski definition) is 0. The van der Waals surface area contributed by atoms with E-state index in [4.69, 9.17) is 4.74 Å². The molecule has 84 valence electrons. The lowest BCUT2D eigenvalue weighted by molar-refractivity contribution is 0.181. The van der Waals surface area contributed by atoms with Crippen molar-refractivity contribution in [2.45, 2.75) is 20.5 Å². The summed E-state index contributed by atoms with van der Waals surface area (Å²) in [6.45, 7) is 4.32. The maximum Gasteiger partial charge on any atom is 0.157 e. The molecule has 0 aromatic carbocycles. The van der Waals surface area contributed by atoms with Gasteiger partial charge in [0.15, 0.2) is 5.82 Å². The lowest BCUT2D eigenvalue weighted by Gasteiger charge is -2.02. The molecule has 2 aromatic rings. The van der Waals surface area contributed by atoms with Crippen molar-refractivity contribution < 1.29 is 4.74 Å². The monoisotopic (exact) mass is 218 g/mol. The van der Waals surface area contributed by atoms with Crippen molar-refractivity contribution >= 4 is 0 Å². The molecule has 0 spiro atoms. The predicted molar refractivity (Wildman–Crippen MR) is 59.3 cm³/mol. The Kier molecular flexibility index (Phi) is 2.96. The summed E-state index contributed by atoms with van der Waals surface area (Å²) in [5.41, 5.74) is 1.82. The zero-order valence-corrected chi connectivity index (χ0v) is 9.64. The van der Waals surface area contributed by atoms with Gasteiger partial charge in [-0.3, -0.25) is 0 Å². The Morgan fingerprint density at radius 2 is 2.12 bits per heavy atom. The van der Waals surface area contributed by atoms with Gasteiger partial charge in [0.2, 0.25) is 0 Å². The van der Waals surface area contributed by atoms with Gasteiger partial charge >= 0.3 is 0 Å². The molecule has 5 heteroatoms. The summed E-state index contributed by atoms with van der Waals surface area (Å²) in [5.74, 6) is 1.53. The minimum absolute atomic E-state index is 0.510. The maximum absolute atomic E-state index is 5.02. The number of aryl methyl sites for hydroxylation is 2. The molecule has 0 saturated heterocycles. The summed E-state index contributed by atoms with van der Waals surface area (Å²) in [5, 5.41) is 4.35. The molecule has 2 rings (SSSR count). The first kappa shape index (κ1) is 10.8. The normalized spacial score (nSPS) is 10.7. The third kappa shape index (κ3) is 2.25. The molecule has 0 unspecified atom stereocenters. The molecule has 0 bridgehead atoms. The Hall–Kier alpha value is -1.75. The van der Waals surface area contributed by atoms with Crippen LogP contribution < -0.4 is 0 Å². The fraction of sp³-hybridized carbons (Fsp3) is 0.364. The number of methoxy groups -OCH3 is 1. The fourth-order valence-corrected chi connectivity index (χ4v) is 1.53. The number of nitrogens with zero attached hydrogens (tertiary/aromatic N) is 4. The topological polar surface area (TPSA) is 52.8 Å². The van der Waals surface area contributed by atoms with Crippen LogP contribution in [0.5, 0.6) is 0 Å². The third-order valence-electron chi connectivity index (χ3n) is 2.12. The van der Waals surface area contributed by atoms with Gasteiger partial charge in [-0.05, 0) is 19.9 Å². The molecule has 0 aliphatic carbocycles. The van der Waals surface area contributed by atoms with Crippen LogP contribution in [0.25, 0.3) is 5.82 Å². The Bertz CT molecular complexity index is 472. The van der Waals surface area contributed by atoms with E-state index in [2.05, 4.69) is 15.1 Å². The van der Waals surface area contributed by atoms with E-state index >= 15 is 0 Å². The molecule has 5 nitrogen and oxygen atoms in total. The molecule has 0 aliphatic heterocycles. The maximum atomic E-state index is 5.02. The zero-order valence-electron chi connectivity index (χ0n) is 9.64. The first-order valence-corrected chi connectivity index (χ1v) is 5.05. The summed E-state index contributed by atoms with van der Waals surface area (Å²) in [4.78, 5) is 8.55. The minimum Gasteiger partial charge on any atom is -0.378 e. The first-order valence-electron chi connectivity index (χ1n) is 5.05. The summed E-state index contributed by atoms with van der Waals surface area (Å²) < 4.78 is 6.75. The van der Waals surface area contributed by atoms with Crippen molar-refractivity contribution in [3.8, 4) is 5.82 Å². The van der Waals surface area contributed by atoms with E-state index in [1.165, 1.54) is 0 Å². The van der Waals surface area contributed by atoms with E-state index in [1.807, 2.05) is 32.2 Å². The van der Waals surface area contributed by atoms with Crippen molar-refractivity contribution in [2.24, 2.45) is 0 Å². The summed E-state index contributed by atoms with van der Waals surface area (Å²) in [6, 6.07) is 3.81. The molecule has 2 heterocycles. The summed E-state index contributed by atoms with van der Waals surface area (Å²) in [7, 11) is 1.65. The highest BCUT2D eigenvalue weighted by Crippen LogP contribution is 2.07. The van der Waals surface area contributed by atoms with Gasteiger partial charge in [0.1, 0.15) is 5.82 Å². The highest BCUT2D eigenvalue weighted by molar-refractivity contribution is 5.24. The van der Waals surface area contributed by atoms with Crippen molar-refractivity contribution in [3.05, 3.63) is 35.5 Å². The van der Waals surface area contributed by atoms with Crippen LogP contribution in [-0.4, -0.2) is 26.9 Å². The van der Waals surface area contributed by atoms with Gasteiger partial charge < -0.3 is 4.74 Å². The molecule has 0 fully saturated rings. The van der Waals surface area contributed by atoms with E-state index < -0.39 is 0 Å². The largest absolute Gasteiger partial charge is 0.378 e. The van der Waals surface area contributed by atoms with Crippen LogP contribution >= 0.6 is 0 Å². The van der Waals surface area contributed by atoms with Crippen LogP contribution in [-0.2, 0) is 11.3 Å². The van der Waals surface area contributed by atoms with E-state index in [9.17, 15) is 0 Å². The molecule has 0 radical (unpaired) electrons. The van der Waals surface area contributed by atoms with Gasteiger partial charge in [0.25, 0.3) is 0 Å². The highest BCUT2D eigenvalue weighted by atomic mass is 16.5. The van der Waals surface area contributed by atoms with E-state index in [1.54, 1.807) is 11.8 Å². The Labute approximate surface area is 94.1 Å². The fourth-order valence-electron chi connectivity index (χ4n) is 1.53. The number of ether oxygens (including phenoxy) is 1. The van der Waals surface area contributed by atoms with Gasteiger partial charge in [-0.15, -0.1) is 0 Å². The third-order valence-corrected chi connectivity index (χ3v) is 2.12. The van der Waals surface area contributed by atoms with Crippen LogP contribution in [0.2, 0.25) is 0 Å². The van der Waals surface area contributed by atoms with Crippen molar-refractivity contribution in [2.75, 3.05) is 7.11 Å². The average molecular weight is 218 g/mol. The van der Waals surface area contributed by atoms with E-state index in [0.717, 1.165) is 23.0 Å². The average Bonchev–Trinajstić information content (AvgIpc) is 2.65. The number of rotatable bonds is 3. The van der Waals surface area contributed by atoms with Crippen molar-refractivity contribution in [1.29, 1.82) is 0 Å². The molecule has 0 saturated carbocycles. The highest BCUT2D eigenvalue weighted by Gasteiger charge is 2.04. The molecule has 2 aromatic heterocycles. The van der Waals surface area contributed by atoms with Crippen LogP contribution in [0.4, 0.5) is 0 Å². The lowest BCUT2D eigenvalue weighted by atomic mass is 10.4. The van der Waals surface area contributed by atoms with Crippen molar-refractivity contribution in [3.63, 3.8) is 0 Å². The molecular formula is C11H14N4O. The van der Waals surface area contributed by atoms with Crippen LogP contribution in [0, 0.1) is 13.8 Å². The van der Waals surface area contributed by atoms with Gasteiger partial charge in [-0.2, -0.15) is 5.10 Å². The SMILES string of the molecule is COCc1ccn(-c2cc(C)nc(C)n2)n1. The van der Waals surface area contributed by atoms with Crippen LogP contribution in [0.15, 0.2) is 18.3 Å². The Morgan fingerprint density at radius 3 is 2.81 bits per heavy atom. The lowest BCUT2D eigenvalue weighted by Crippen LogP contribution is -2.03. The molecule has 16 heavy (non-hydrogen) atoms. The van der Waals surface area contributed by atoms with Gasteiger partial charge in [0, 0.05) is 25.1 Å². The van der Waals surface area contributed by atoms with Crippen molar-refractivity contribution in [1.82, 2.24) is 19.7 Å². The Balaban J connectivity index is 2.34. The number of hydrogen-bond acceptors (Lipinski definition) is 4. The molecule has 0 N–H and O–H groups in total. The van der Waals surface area contributed by atoms with E-state index in [-0.39, 0.29) is 0 Å². The second-order valence-corrected chi connectivity index (χ2v) is 3.60. The number of aromatic nitrogens is 4. The second-order valence-electron chi connectivity index (χ2n) is 3.60. The Morgan fingerprint density at radius 1 is 1.31 bits per heavy atom. The smallest absolute Gasteiger partial charge is 0.157 e. The van der Waals surface area contributed by atoms with Crippen LogP contribution in [0.1, 0.15) is 17.2 Å².